The highest BCUT2D eigenvalue weighted by atomic mass is 16.5. The molecule has 0 radical (unpaired) electrons. The van der Waals surface area contributed by atoms with Crippen LogP contribution in [0.5, 0.6) is 5.75 Å². The van der Waals surface area contributed by atoms with E-state index in [1.54, 1.807) is 7.11 Å². The molecule has 0 saturated carbocycles. The average Bonchev–Trinajstić information content (AvgIpc) is 2.60. The van der Waals surface area contributed by atoms with Crippen molar-refractivity contribution in [2.75, 3.05) is 7.11 Å². The SMILES string of the molecule is COc1ccc(CNC(=O)c2cc(C)nc3c(C)cc(C)cc23)cc1. The molecule has 0 fully saturated rings. The van der Waals surface area contributed by atoms with Crippen molar-refractivity contribution in [1.82, 2.24) is 10.3 Å². The standard InChI is InChI=1S/C21H22N2O2/c1-13-9-14(2)20-18(10-13)19(11-15(3)23-20)21(24)22-12-16-5-7-17(25-4)8-6-16/h5-11H,12H2,1-4H3,(H,22,24). The molecular weight excluding hydrogens is 312 g/mol. The van der Waals surface area contributed by atoms with Crippen LogP contribution < -0.4 is 10.1 Å². The van der Waals surface area contributed by atoms with Crippen molar-refractivity contribution in [1.29, 1.82) is 0 Å². The summed E-state index contributed by atoms with van der Waals surface area (Å²) in [6.45, 7) is 6.45. The molecule has 0 aliphatic carbocycles. The van der Waals surface area contributed by atoms with Gasteiger partial charge < -0.3 is 10.1 Å². The Kier molecular flexibility index (Phi) is 4.70. The van der Waals surface area contributed by atoms with Gasteiger partial charge in [-0.2, -0.15) is 0 Å². The van der Waals surface area contributed by atoms with E-state index in [4.69, 9.17) is 4.74 Å². The first-order valence-electron chi connectivity index (χ1n) is 8.27. The van der Waals surface area contributed by atoms with Crippen molar-refractivity contribution >= 4 is 16.8 Å². The molecule has 4 nitrogen and oxygen atoms in total. The van der Waals surface area contributed by atoms with Gasteiger partial charge in [-0.05, 0) is 56.2 Å². The van der Waals surface area contributed by atoms with Gasteiger partial charge in [0.2, 0.25) is 0 Å². The molecule has 25 heavy (non-hydrogen) atoms. The number of amides is 1. The van der Waals surface area contributed by atoms with Gasteiger partial charge >= 0.3 is 0 Å². The summed E-state index contributed by atoms with van der Waals surface area (Å²) in [5.41, 5.74) is 5.64. The van der Waals surface area contributed by atoms with E-state index in [1.165, 1.54) is 0 Å². The second-order valence-electron chi connectivity index (χ2n) is 6.32. The summed E-state index contributed by atoms with van der Waals surface area (Å²) in [7, 11) is 1.64. The van der Waals surface area contributed by atoms with E-state index in [0.29, 0.717) is 12.1 Å². The molecule has 0 bridgehead atoms. The van der Waals surface area contributed by atoms with Gasteiger partial charge in [0.25, 0.3) is 5.91 Å². The number of nitrogens with one attached hydrogen (secondary N) is 1. The summed E-state index contributed by atoms with van der Waals surface area (Å²) >= 11 is 0. The molecule has 0 aliphatic heterocycles. The van der Waals surface area contributed by atoms with Crippen molar-refractivity contribution in [3.8, 4) is 5.75 Å². The number of ether oxygens (including phenoxy) is 1. The lowest BCUT2D eigenvalue weighted by Crippen LogP contribution is -2.23. The predicted octanol–water partition coefficient (Wildman–Crippen LogP) is 4.10. The van der Waals surface area contributed by atoms with E-state index in [2.05, 4.69) is 16.4 Å². The number of benzene rings is 2. The molecule has 1 aromatic heterocycles. The van der Waals surface area contributed by atoms with Crippen LogP contribution in [-0.4, -0.2) is 18.0 Å². The maximum absolute atomic E-state index is 12.8. The molecule has 0 aliphatic rings. The van der Waals surface area contributed by atoms with Crippen molar-refractivity contribution < 1.29 is 9.53 Å². The molecule has 3 rings (SSSR count). The van der Waals surface area contributed by atoms with Crippen molar-refractivity contribution in [2.24, 2.45) is 0 Å². The number of rotatable bonds is 4. The number of fused-ring (bicyclic) bond motifs is 1. The third kappa shape index (κ3) is 3.63. The molecule has 3 aromatic rings. The molecule has 128 valence electrons. The minimum Gasteiger partial charge on any atom is -0.497 e. The molecule has 0 atom stereocenters. The zero-order valence-electron chi connectivity index (χ0n) is 15.0. The largest absolute Gasteiger partial charge is 0.497 e. The minimum absolute atomic E-state index is 0.0867. The number of aryl methyl sites for hydroxylation is 3. The first-order valence-corrected chi connectivity index (χ1v) is 8.27. The highest BCUT2D eigenvalue weighted by molar-refractivity contribution is 6.07. The lowest BCUT2D eigenvalue weighted by atomic mass is 10.0. The summed E-state index contributed by atoms with van der Waals surface area (Å²) in [5.74, 6) is 0.716. The number of aromatic nitrogens is 1. The third-order valence-corrected chi connectivity index (χ3v) is 4.23. The molecule has 2 aromatic carbocycles. The Labute approximate surface area is 147 Å². The first kappa shape index (κ1) is 17.0. The van der Waals surface area contributed by atoms with Gasteiger partial charge in [0.15, 0.2) is 0 Å². The van der Waals surface area contributed by atoms with Crippen LogP contribution in [0.25, 0.3) is 10.9 Å². The van der Waals surface area contributed by atoms with Gasteiger partial charge in [0.1, 0.15) is 5.75 Å². The van der Waals surface area contributed by atoms with Gasteiger partial charge in [-0.25, -0.2) is 0 Å². The van der Waals surface area contributed by atoms with E-state index in [9.17, 15) is 4.79 Å². The van der Waals surface area contributed by atoms with Gasteiger partial charge in [-0.15, -0.1) is 0 Å². The number of methoxy groups -OCH3 is 1. The Morgan fingerprint density at radius 1 is 1.08 bits per heavy atom. The average molecular weight is 334 g/mol. The Hall–Kier alpha value is -2.88. The Balaban J connectivity index is 1.88. The van der Waals surface area contributed by atoms with Crippen LogP contribution in [0.3, 0.4) is 0 Å². The number of carbonyl (C=O) groups is 1. The summed E-state index contributed by atoms with van der Waals surface area (Å²) in [6.07, 6.45) is 0. The fourth-order valence-electron chi connectivity index (χ4n) is 3.02. The molecular formula is C21H22N2O2. The van der Waals surface area contributed by atoms with E-state index >= 15 is 0 Å². The van der Waals surface area contributed by atoms with E-state index in [-0.39, 0.29) is 5.91 Å². The fraction of sp³-hybridized carbons (Fsp3) is 0.238. The molecule has 0 saturated heterocycles. The number of nitrogens with zero attached hydrogens (tertiary/aromatic N) is 1. The molecule has 1 heterocycles. The quantitative estimate of drug-likeness (QED) is 0.781. The van der Waals surface area contributed by atoms with E-state index in [1.807, 2.05) is 57.2 Å². The van der Waals surface area contributed by atoms with Crippen LogP contribution in [0, 0.1) is 20.8 Å². The summed E-state index contributed by atoms with van der Waals surface area (Å²) in [4.78, 5) is 17.4. The maximum Gasteiger partial charge on any atom is 0.252 e. The monoisotopic (exact) mass is 334 g/mol. The maximum atomic E-state index is 12.8. The number of pyridine rings is 1. The summed E-state index contributed by atoms with van der Waals surface area (Å²) in [6, 6.07) is 13.6. The van der Waals surface area contributed by atoms with Crippen LogP contribution in [0.2, 0.25) is 0 Å². The molecule has 1 amide bonds. The van der Waals surface area contributed by atoms with E-state index < -0.39 is 0 Å². The molecule has 1 N–H and O–H groups in total. The third-order valence-electron chi connectivity index (χ3n) is 4.23. The van der Waals surface area contributed by atoms with Crippen LogP contribution in [0.4, 0.5) is 0 Å². The normalized spacial score (nSPS) is 10.7. The molecule has 0 unspecified atom stereocenters. The Bertz CT molecular complexity index is 931. The van der Waals surface area contributed by atoms with Crippen molar-refractivity contribution in [2.45, 2.75) is 27.3 Å². The van der Waals surface area contributed by atoms with Gasteiger partial charge in [0, 0.05) is 17.6 Å². The Morgan fingerprint density at radius 3 is 2.48 bits per heavy atom. The second-order valence-corrected chi connectivity index (χ2v) is 6.32. The highest BCUT2D eigenvalue weighted by Crippen LogP contribution is 2.23. The second kappa shape index (κ2) is 6.93. The van der Waals surface area contributed by atoms with Gasteiger partial charge in [-0.1, -0.05) is 23.8 Å². The predicted molar refractivity (Wildman–Crippen MR) is 100 cm³/mol. The van der Waals surface area contributed by atoms with Crippen LogP contribution in [-0.2, 0) is 6.54 Å². The zero-order valence-corrected chi connectivity index (χ0v) is 15.0. The van der Waals surface area contributed by atoms with Crippen LogP contribution in [0.15, 0.2) is 42.5 Å². The van der Waals surface area contributed by atoms with Crippen molar-refractivity contribution in [3.63, 3.8) is 0 Å². The minimum atomic E-state index is -0.0867. The number of carbonyl (C=O) groups excluding carboxylic acids is 1. The lowest BCUT2D eigenvalue weighted by molar-refractivity contribution is 0.0952. The highest BCUT2D eigenvalue weighted by Gasteiger charge is 2.13. The number of hydrogen-bond donors (Lipinski definition) is 1. The fourth-order valence-corrected chi connectivity index (χ4v) is 3.02. The van der Waals surface area contributed by atoms with Crippen LogP contribution in [0.1, 0.15) is 32.7 Å². The lowest BCUT2D eigenvalue weighted by Gasteiger charge is -2.12. The zero-order chi connectivity index (χ0) is 18.0. The molecule has 0 spiro atoms. The topological polar surface area (TPSA) is 51.2 Å². The molecule has 4 heteroatoms. The number of hydrogen-bond acceptors (Lipinski definition) is 3. The summed E-state index contributed by atoms with van der Waals surface area (Å²) in [5, 5.41) is 3.90. The van der Waals surface area contributed by atoms with Crippen molar-refractivity contribution in [3.05, 3.63) is 70.4 Å². The van der Waals surface area contributed by atoms with E-state index in [0.717, 1.165) is 39.0 Å². The van der Waals surface area contributed by atoms with Gasteiger partial charge in [0.05, 0.1) is 18.2 Å². The smallest absolute Gasteiger partial charge is 0.252 e. The first-order chi connectivity index (χ1) is 12.0. The van der Waals surface area contributed by atoms with Crippen LogP contribution >= 0.6 is 0 Å². The van der Waals surface area contributed by atoms with Gasteiger partial charge in [-0.3, -0.25) is 9.78 Å². The summed E-state index contributed by atoms with van der Waals surface area (Å²) < 4.78 is 5.15. The Morgan fingerprint density at radius 2 is 1.80 bits per heavy atom.